The fourth-order valence-electron chi connectivity index (χ4n) is 2.95. The van der Waals surface area contributed by atoms with Gasteiger partial charge in [0, 0.05) is 17.5 Å². The summed E-state index contributed by atoms with van der Waals surface area (Å²) < 4.78 is 0. The van der Waals surface area contributed by atoms with Crippen LogP contribution < -0.4 is 5.32 Å². The highest BCUT2D eigenvalue weighted by Crippen LogP contribution is 2.32. The van der Waals surface area contributed by atoms with Gasteiger partial charge in [-0.3, -0.25) is 19.7 Å². The number of amides is 1. The molecule has 1 amide bonds. The lowest BCUT2D eigenvalue weighted by molar-refractivity contribution is -0.385. The number of nitro benzene ring substituents is 1. The van der Waals surface area contributed by atoms with Crippen LogP contribution in [0.1, 0.15) is 43.4 Å². The second-order valence-electron chi connectivity index (χ2n) is 6.08. The molecule has 23 heavy (non-hydrogen) atoms. The van der Waals surface area contributed by atoms with Gasteiger partial charge >= 0.3 is 5.97 Å². The molecule has 0 bridgehead atoms. The fraction of sp³-hybridized carbons (Fsp3) is 0.500. The Balaban J connectivity index is 2.03. The Bertz CT molecular complexity index is 643. The summed E-state index contributed by atoms with van der Waals surface area (Å²) in [6, 6.07) is 4.51. The maximum Gasteiger partial charge on any atom is 0.306 e. The Morgan fingerprint density at radius 3 is 2.57 bits per heavy atom. The van der Waals surface area contributed by atoms with Crippen LogP contribution in [0.2, 0.25) is 0 Å². The lowest BCUT2D eigenvalue weighted by Gasteiger charge is -2.17. The summed E-state index contributed by atoms with van der Waals surface area (Å²) in [7, 11) is 0. The van der Waals surface area contributed by atoms with E-state index >= 15 is 0 Å². The van der Waals surface area contributed by atoms with Crippen molar-refractivity contribution in [2.45, 2.75) is 39.2 Å². The van der Waals surface area contributed by atoms with Crippen LogP contribution in [0.5, 0.6) is 0 Å². The first-order valence-electron chi connectivity index (χ1n) is 7.57. The molecule has 1 aromatic carbocycles. The van der Waals surface area contributed by atoms with Crippen LogP contribution in [0.25, 0.3) is 0 Å². The number of rotatable bonds is 5. The maximum absolute atomic E-state index is 12.2. The zero-order chi connectivity index (χ0) is 17.1. The van der Waals surface area contributed by atoms with Gasteiger partial charge in [0.15, 0.2) is 0 Å². The first kappa shape index (κ1) is 16.9. The summed E-state index contributed by atoms with van der Waals surface area (Å²) >= 11 is 0. The molecule has 3 atom stereocenters. The van der Waals surface area contributed by atoms with Crippen LogP contribution in [-0.2, 0) is 9.59 Å². The topological polar surface area (TPSA) is 110 Å². The highest BCUT2D eigenvalue weighted by molar-refractivity contribution is 5.81. The first-order valence-corrected chi connectivity index (χ1v) is 7.57. The number of carbonyl (C=O) groups excluding carboxylic acids is 1. The lowest BCUT2D eigenvalue weighted by atomic mass is 10.0. The number of carboxylic acid groups (broad SMARTS) is 1. The molecule has 0 aromatic heterocycles. The minimum Gasteiger partial charge on any atom is -0.481 e. The number of aryl methyl sites for hydroxylation is 1. The van der Waals surface area contributed by atoms with Crippen LogP contribution in [-0.4, -0.2) is 21.9 Å². The second-order valence-corrected chi connectivity index (χ2v) is 6.08. The zero-order valence-electron chi connectivity index (χ0n) is 13.1. The molecule has 2 N–H and O–H groups in total. The van der Waals surface area contributed by atoms with Crippen molar-refractivity contribution in [2.75, 3.05) is 0 Å². The number of nitrogens with one attached hydrogen (secondary N) is 1. The van der Waals surface area contributed by atoms with Gasteiger partial charge in [0.25, 0.3) is 5.69 Å². The van der Waals surface area contributed by atoms with Crippen molar-refractivity contribution in [3.05, 3.63) is 39.4 Å². The Kier molecular flexibility index (Phi) is 4.98. The molecule has 1 unspecified atom stereocenters. The molecule has 1 aromatic rings. The minimum absolute atomic E-state index is 0.0235. The highest BCUT2D eigenvalue weighted by atomic mass is 16.6. The van der Waals surface area contributed by atoms with Crippen molar-refractivity contribution < 1.29 is 19.6 Å². The van der Waals surface area contributed by atoms with Crippen molar-refractivity contribution in [1.29, 1.82) is 0 Å². The average Bonchev–Trinajstić information content (AvgIpc) is 2.97. The van der Waals surface area contributed by atoms with Gasteiger partial charge in [-0.15, -0.1) is 0 Å². The van der Waals surface area contributed by atoms with E-state index in [1.54, 1.807) is 26.0 Å². The van der Waals surface area contributed by atoms with Gasteiger partial charge in [-0.05, 0) is 38.7 Å². The Labute approximate surface area is 133 Å². The number of carboxylic acids is 1. The van der Waals surface area contributed by atoms with E-state index in [0.29, 0.717) is 30.4 Å². The third-order valence-electron chi connectivity index (χ3n) is 4.44. The highest BCUT2D eigenvalue weighted by Gasteiger charge is 2.34. The van der Waals surface area contributed by atoms with Crippen molar-refractivity contribution in [3.63, 3.8) is 0 Å². The van der Waals surface area contributed by atoms with Crippen molar-refractivity contribution in [3.8, 4) is 0 Å². The number of nitro groups is 1. The molecule has 0 aliphatic heterocycles. The van der Waals surface area contributed by atoms with Gasteiger partial charge in [-0.25, -0.2) is 0 Å². The molecule has 7 heteroatoms. The largest absolute Gasteiger partial charge is 0.481 e. The molecule has 0 saturated heterocycles. The van der Waals surface area contributed by atoms with E-state index in [2.05, 4.69) is 5.32 Å². The van der Waals surface area contributed by atoms with Gasteiger partial charge in [0.1, 0.15) is 0 Å². The molecule has 1 aliphatic carbocycles. The van der Waals surface area contributed by atoms with Gasteiger partial charge in [-0.1, -0.05) is 12.1 Å². The van der Waals surface area contributed by atoms with Crippen LogP contribution >= 0.6 is 0 Å². The number of hydrogen-bond donors (Lipinski definition) is 2. The van der Waals surface area contributed by atoms with Crippen molar-refractivity contribution in [1.82, 2.24) is 5.32 Å². The van der Waals surface area contributed by atoms with E-state index in [4.69, 9.17) is 5.11 Å². The maximum atomic E-state index is 12.2. The molecular formula is C16H20N2O5. The quantitative estimate of drug-likeness (QED) is 0.640. The van der Waals surface area contributed by atoms with Gasteiger partial charge in [0.2, 0.25) is 5.91 Å². The van der Waals surface area contributed by atoms with Crippen molar-refractivity contribution >= 4 is 17.6 Å². The molecular weight excluding hydrogens is 300 g/mol. The average molecular weight is 320 g/mol. The molecule has 0 spiro atoms. The summed E-state index contributed by atoms with van der Waals surface area (Å²) in [6.45, 7) is 3.42. The number of nitrogens with zero attached hydrogens (tertiary/aromatic N) is 1. The van der Waals surface area contributed by atoms with E-state index < -0.39 is 16.8 Å². The summed E-state index contributed by atoms with van der Waals surface area (Å²) in [6.07, 6.45) is 1.42. The number of carbonyl (C=O) groups is 2. The second kappa shape index (κ2) is 6.76. The number of hydrogen-bond acceptors (Lipinski definition) is 4. The fourth-order valence-corrected chi connectivity index (χ4v) is 2.95. The van der Waals surface area contributed by atoms with E-state index in [1.165, 1.54) is 6.07 Å². The van der Waals surface area contributed by atoms with Gasteiger partial charge < -0.3 is 10.4 Å². The molecule has 1 fully saturated rings. The van der Waals surface area contributed by atoms with Gasteiger partial charge in [0.05, 0.1) is 16.9 Å². The van der Waals surface area contributed by atoms with Crippen LogP contribution in [0.4, 0.5) is 5.69 Å². The van der Waals surface area contributed by atoms with Crippen LogP contribution in [0.15, 0.2) is 18.2 Å². The van der Waals surface area contributed by atoms with E-state index in [1.807, 2.05) is 0 Å². The summed E-state index contributed by atoms with van der Waals surface area (Å²) in [5.74, 6) is -1.81. The predicted octanol–water partition coefficient (Wildman–Crippen LogP) is 2.58. The smallest absolute Gasteiger partial charge is 0.306 e. The SMILES string of the molecule is Cc1ccc(C(C)NC(=O)[C@@H]2CC[C@H](C(=O)O)C2)cc1[N+](=O)[O-]. The normalized spacial score (nSPS) is 21.7. The summed E-state index contributed by atoms with van der Waals surface area (Å²) in [5.41, 5.74) is 1.25. The summed E-state index contributed by atoms with van der Waals surface area (Å²) in [5, 5.41) is 22.8. The molecule has 2 rings (SSSR count). The summed E-state index contributed by atoms with van der Waals surface area (Å²) in [4.78, 5) is 33.7. The molecule has 124 valence electrons. The van der Waals surface area contributed by atoms with E-state index in [9.17, 15) is 19.7 Å². The predicted molar refractivity (Wildman–Crippen MR) is 82.9 cm³/mol. The molecule has 7 nitrogen and oxygen atoms in total. The lowest BCUT2D eigenvalue weighted by Crippen LogP contribution is -2.32. The number of aliphatic carboxylic acids is 1. The first-order chi connectivity index (χ1) is 10.8. The third kappa shape index (κ3) is 3.85. The Hall–Kier alpha value is -2.44. The Morgan fingerprint density at radius 1 is 1.35 bits per heavy atom. The minimum atomic E-state index is -0.859. The monoisotopic (exact) mass is 320 g/mol. The third-order valence-corrected chi connectivity index (χ3v) is 4.44. The van der Waals surface area contributed by atoms with Crippen LogP contribution in [0, 0.1) is 28.9 Å². The molecule has 1 aliphatic rings. The van der Waals surface area contributed by atoms with E-state index in [-0.39, 0.29) is 23.6 Å². The standard InChI is InChI=1S/C16H20N2O5/c1-9-3-4-11(8-14(9)18(22)23)10(2)17-15(19)12-5-6-13(7-12)16(20)21/h3-4,8,10,12-13H,5-7H2,1-2H3,(H,17,19)(H,20,21)/t10?,12-,13+/m1/s1. The molecule has 1 saturated carbocycles. The number of benzene rings is 1. The molecule has 0 heterocycles. The van der Waals surface area contributed by atoms with Crippen molar-refractivity contribution in [2.24, 2.45) is 11.8 Å². The van der Waals surface area contributed by atoms with E-state index in [0.717, 1.165) is 0 Å². The van der Waals surface area contributed by atoms with Crippen LogP contribution in [0.3, 0.4) is 0 Å². The Morgan fingerprint density at radius 2 is 2.00 bits per heavy atom. The zero-order valence-corrected chi connectivity index (χ0v) is 13.1. The molecule has 0 radical (unpaired) electrons. The van der Waals surface area contributed by atoms with Gasteiger partial charge in [-0.2, -0.15) is 0 Å².